The number of nitrogens with zero attached hydrogens (tertiary/aromatic N) is 3. The van der Waals surface area contributed by atoms with Crippen molar-refractivity contribution in [3.63, 3.8) is 0 Å². The molecule has 0 bridgehead atoms. The minimum Gasteiger partial charge on any atom is -0.456 e. The van der Waals surface area contributed by atoms with Gasteiger partial charge in [-0.2, -0.15) is 0 Å². The summed E-state index contributed by atoms with van der Waals surface area (Å²) in [6, 6.07) is 53.1. The highest BCUT2D eigenvalue weighted by Crippen LogP contribution is 2.49. The van der Waals surface area contributed by atoms with Gasteiger partial charge in [0.1, 0.15) is 28.1 Å². The van der Waals surface area contributed by atoms with E-state index in [2.05, 4.69) is 120 Å². The van der Waals surface area contributed by atoms with Crippen molar-refractivity contribution in [2.24, 2.45) is 0 Å². The zero-order valence-corrected chi connectivity index (χ0v) is 27.1. The molecule has 1 aliphatic rings. The fourth-order valence-electron chi connectivity index (χ4n) is 8.33. The lowest BCUT2D eigenvalue weighted by atomic mass is 9.91. The van der Waals surface area contributed by atoms with Crippen LogP contribution in [0.25, 0.3) is 116 Å². The molecule has 5 nitrogen and oxygen atoms in total. The number of benzene rings is 7. The molecule has 0 fully saturated rings. The molecule has 0 saturated heterocycles. The average molecular weight is 652 g/mol. The van der Waals surface area contributed by atoms with Crippen LogP contribution in [0.5, 0.6) is 0 Å². The summed E-state index contributed by atoms with van der Waals surface area (Å²) in [5, 5.41) is 6.64. The molecular weight excluding hydrogens is 627 g/mol. The lowest BCUT2D eigenvalue weighted by molar-refractivity contribution is 0.668. The maximum atomic E-state index is 6.27. The maximum absolute atomic E-state index is 6.27. The molecular formula is C46H25N3O2. The Labute approximate surface area is 290 Å². The van der Waals surface area contributed by atoms with Crippen LogP contribution in [0, 0.1) is 0 Å². The van der Waals surface area contributed by atoms with Gasteiger partial charge in [-0.15, -0.1) is 0 Å². The van der Waals surface area contributed by atoms with E-state index in [9.17, 15) is 0 Å². The zero-order valence-electron chi connectivity index (χ0n) is 27.1. The van der Waals surface area contributed by atoms with Crippen molar-refractivity contribution < 1.29 is 8.83 Å². The summed E-state index contributed by atoms with van der Waals surface area (Å²) in [6.45, 7) is 0. The smallest absolute Gasteiger partial charge is 0.162 e. The number of para-hydroxylation sites is 4. The van der Waals surface area contributed by atoms with E-state index in [4.69, 9.17) is 18.8 Å². The largest absolute Gasteiger partial charge is 0.456 e. The molecule has 0 radical (unpaired) electrons. The first-order valence-corrected chi connectivity index (χ1v) is 17.2. The Morgan fingerprint density at radius 2 is 0.980 bits per heavy atom. The van der Waals surface area contributed by atoms with Gasteiger partial charge in [0, 0.05) is 49.0 Å². The van der Waals surface area contributed by atoms with Crippen LogP contribution in [0.1, 0.15) is 0 Å². The Hall–Kier alpha value is -6.98. The first-order chi connectivity index (χ1) is 25.3. The van der Waals surface area contributed by atoms with Crippen molar-refractivity contribution in [1.29, 1.82) is 0 Å². The van der Waals surface area contributed by atoms with E-state index in [1.807, 2.05) is 36.4 Å². The first kappa shape index (κ1) is 26.9. The third kappa shape index (κ3) is 3.64. The molecule has 0 N–H and O–H groups in total. The monoisotopic (exact) mass is 651 g/mol. The van der Waals surface area contributed by atoms with Crippen LogP contribution in [0.2, 0.25) is 0 Å². The van der Waals surface area contributed by atoms with E-state index in [-0.39, 0.29) is 0 Å². The number of furan rings is 2. The molecule has 7 aromatic carbocycles. The number of aromatic nitrogens is 3. The van der Waals surface area contributed by atoms with Gasteiger partial charge in [0.2, 0.25) is 0 Å². The SMILES string of the molecule is c1ccc2c(c1)-c1c(-c3ccc4oc5ccccc5c4c3)nc(-c3ccc4oc5ccccc5c4c3)nc1-n1c3ccccc3c3cccc-2c31. The second-order valence-corrected chi connectivity index (χ2v) is 13.3. The third-order valence-electron chi connectivity index (χ3n) is 10.6. The highest BCUT2D eigenvalue weighted by atomic mass is 16.3. The van der Waals surface area contributed by atoms with Gasteiger partial charge >= 0.3 is 0 Å². The van der Waals surface area contributed by atoms with Crippen molar-refractivity contribution >= 4 is 65.7 Å². The summed E-state index contributed by atoms with van der Waals surface area (Å²) in [5.41, 5.74) is 12.9. The van der Waals surface area contributed by atoms with E-state index in [0.29, 0.717) is 5.82 Å². The third-order valence-corrected chi connectivity index (χ3v) is 10.6. The lowest BCUT2D eigenvalue weighted by Gasteiger charge is -2.18. The molecule has 11 aromatic rings. The molecule has 4 aromatic heterocycles. The topological polar surface area (TPSA) is 57.0 Å². The highest BCUT2D eigenvalue weighted by molar-refractivity contribution is 6.17. The number of hydrogen-bond acceptors (Lipinski definition) is 4. The summed E-state index contributed by atoms with van der Waals surface area (Å²) in [7, 11) is 0. The van der Waals surface area contributed by atoms with Gasteiger partial charge in [-0.25, -0.2) is 9.97 Å². The molecule has 0 spiro atoms. The van der Waals surface area contributed by atoms with E-state index in [0.717, 1.165) is 94.2 Å². The predicted molar refractivity (Wildman–Crippen MR) is 206 cm³/mol. The molecule has 5 heterocycles. The summed E-state index contributed by atoms with van der Waals surface area (Å²) >= 11 is 0. The normalized spacial score (nSPS) is 12.3. The number of rotatable bonds is 2. The van der Waals surface area contributed by atoms with Gasteiger partial charge in [-0.3, -0.25) is 4.57 Å². The van der Waals surface area contributed by atoms with E-state index < -0.39 is 0 Å². The Kier molecular flexibility index (Phi) is 5.17. The second kappa shape index (κ2) is 9.80. The van der Waals surface area contributed by atoms with Gasteiger partial charge in [0.15, 0.2) is 5.82 Å². The Bertz CT molecular complexity index is 3270. The average Bonchev–Trinajstić information content (AvgIpc) is 3.84. The minimum atomic E-state index is 0.649. The maximum Gasteiger partial charge on any atom is 0.162 e. The van der Waals surface area contributed by atoms with Crippen LogP contribution in [0.3, 0.4) is 0 Å². The van der Waals surface area contributed by atoms with Gasteiger partial charge in [0.05, 0.1) is 22.3 Å². The number of fused-ring (bicyclic) bond motifs is 14. The Balaban J connectivity index is 1.25. The summed E-state index contributed by atoms with van der Waals surface area (Å²) in [6.07, 6.45) is 0. The number of hydrogen-bond donors (Lipinski definition) is 0. The zero-order chi connectivity index (χ0) is 33.2. The van der Waals surface area contributed by atoms with Crippen LogP contribution in [-0.4, -0.2) is 14.5 Å². The molecule has 51 heavy (non-hydrogen) atoms. The standard InChI is InChI=1S/C46H25N3O2/c1-2-14-32-28(10-1)33-15-9-16-34-29-11-3-6-17-37(29)49(44(33)34)46-42(32)43(26-20-22-40-35(24-26)30-12-4-7-18-38(30)50-40)47-45(48-46)27-21-23-41-36(25-27)31-13-5-8-19-39(31)51-41/h1-25H. The molecule has 1 aliphatic heterocycles. The van der Waals surface area contributed by atoms with Crippen LogP contribution in [0.15, 0.2) is 160 Å². The molecule has 0 amide bonds. The first-order valence-electron chi connectivity index (χ1n) is 17.2. The van der Waals surface area contributed by atoms with Crippen LogP contribution >= 0.6 is 0 Å². The van der Waals surface area contributed by atoms with Crippen LogP contribution in [0.4, 0.5) is 0 Å². The fraction of sp³-hybridized carbons (Fsp3) is 0. The summed E-state index contributed by atoms with van der Waals surface area (Å²) < 4.78 is 14.8. The van der Waals surface area contributed by atoms with Crippen LogP contribution in [-0.2, 0) is 0 Å². The van der Waals surface area contributed by atoms with Crippen molar-refractivity contribution in [2.45, 2.75) is 0 Å². The highest BCUT2D eigenvalue weighted by Gasteiger charge is 2.29. The molecule has 12 rings (SSSR count). The van der Waals surface area contributed by atoms with Crippen LogP contribution < -0.4 is 0 Å². The molecule has 5 heteroatoms. The van der Waals surface area contributed by atoms with Crippen molar-refractivity contribution in [1.82, 2.24) is 14.5 Å². The second-order valence-electron chi connectivity index (χ2n) is 13.3. The molecule has 0 atom stereocenters. The minimum absolute atomic E-state index is 0.649. The van der Waals surface area contributed by atoms with E-state index >= 15 is 0 Å². The van der Waals surface area contributed by atoms with Crippen molar-refractivity contribution in [3.8, 4) is 50.7 Å². The van der Waals surface area contributed by atoms with Gasteiger partial charge in [-0.05, 0) is 65.7 Å². The van der Waals surface area contributed by atoms with E-state index in [1.54, 1.807) is 0 Å². The Morgan fingerprint density at radius 1 is 0.412 bits per heavy atom. The molecule has 0 saturated carbocycles. The van der Waals surface area contributed by atoms with Gasteiger partial charge in [0.25, 0.3) is 0 Å². The summed E-state index contributed by atoms with van der Waals surface area (Å²) in [4.78, 5) is 11.1. The van der Waals surface area contributed by atoms with Gasteiger partial charge in [-0.1, -0.05) is 97.1 Å². The van der Waals surface area contributed by atoms with E-state index in [1.165, 1.54) is 16.3 Å². The quantitative estimate of drug-likeness (QED) is 0.187. The van der Waals surface area contributed by atoms with Crippen molar-refractivity contribution in [3.05, 3.63) is 152 Å². The molecule has 0 unspecified atom stereocenters. The lowest BCUT2D eigenvalue weighted by Crippen LogP contribution is -2.05. The fourth-order valence-corrected chi connectivity index (χ4v) is 8.33. The van der Waals surface area contributed by atoms with Gasteiger partial charge < -0.3 is 8.83 Å². The van der Waals surface area contributed by atoms with Crippen molar-refractivity contribution in [2.75, 3.05) is 0 Å². The Morgan fingerprint density at radius 3 is 1.75 bits per heavy atom. The predicted octanol–water partition coefficient (Wildman–Crippen LogP) is 12.4. The molecule has 0 aliphatic carbocycles. The summed E-state index contributed by atoms with van der Waals surface area (Å²) in [5.74, 6) is 1.50. The molecule has 236 valence electrons.